The van der Waals surface area contributed by atoms with Crippen molar-refractivity contribution in [3.8, 4) is 44.5 Å². The molecule has 13 rings (SSSR count). The van der Waals surface area contributed by atoms with Crippen molar-refractivity contribution in [2.45, 2.75) is 25.7 Å². The topological polar surface area (TPSA) is 6.48 Å². The summed E-state index contributed by atoms with van der Waals surface area (Å²) in [4.78, 5) is 5.02. The highest BCUT2D eigenvalue weighted by atomic mass is 15.2. The van der Waals surface area contributed by atoms with E-state index in [4.69, 9.17) is 0 Å². The van der Waals surface area contributed by atoms with E-state index in [0.29, 0.717) is 0 Å². The lowest BCUT2D eigenvalue weighted by Crippen LogP contribution is -2.12. The smallest absolute Gasteiger partial charge is 0.0493 e. The molecule has 0 fully saturated rings. The molecule has 0 N–H and O–H groups in total. The number of nitrogens with zero attached hydrogens (tertiary/aromatic N) is 2. The van der Waals surface area contributed by atoms with Crippen LogP contribution in [0.3, 0.4) is 0 Å². The van der Waals surface area contributed by atoms with E-state index >= 15 is 0 Å². The Morgan fingerprint density at radius 3 is 0.897 bits per heavy atom. The Morgan fingerprint density at radius 2 is 0.529 bits per heavy atom. The van der Waals surface area contributed by atoms with Crippen LogP contribution in [0, 0.1) is 0 Å². The lowest BCUT2D eigenvalue weighted by atomic mass is 9.84. The number of hydrogen-bond donors (Lipinski definition) is 0. The van der Waals surface area contributed by atoms with Crippen molar-refractivity contribution in [3.05, 3.63) is 265 Å². The van der Waals surface area contributed by atoms with Crippen molar-refractivity contribution >= 4 is 55.7 Å². The average molecular weight is 869 g/mol. The molecule has 2 nitrogen and oxygen atoms in total. The highest BCUT2D eigenvalue weighted by Crippen LogP contribution is 2.51. The van der Waals surface area contributed by atoms with Gasteiger partial charge in [-0.3, -0.25) is 0 Å². The van der Waals surface area contributed by atoms with Crippen LogP contribution in [0.5, 0.6) is 0 Å². The summed E-state index contributed by atoms with van der Waals surface area (Å²) in [5, 5.41) is 4.88. The summed E-state index contributed by atoms with van der Waals surface area (Å²) in [5.74, 6) is 0. The Kier molecular flexibility index (Phi) is 9.83. The zero-order chi connectivity index (χ0) is 45.0. The third kappa shape index (κ3) is 6.88. The van der Waals surface area contributed by atoms with Crippen molar-refractivity contribution in [2.75, 3.05) is 9.80 Å². The second kappa shape index (κ2) is 16.8. The highest BCUT2D eigenvalue weighted by Gasteiger charge is 2.27. The maximum absolute atomic E-state index is 2.51. The van der Waals surface area contributed by atoms with Crippen LogP contribution in [0.2, 0.25) is 0 Å². The molecule has 0 aliphatic carbocycles. The van der Waals surface area contributed by atoms with Crippen molar-refractivity contribution < 1.29 is 0 Å². The van der Waals surface area contributed by atoms with E-state index < -0.39 is 0 Å². The first-order valence-electron chi connectivity index (χ1n) is 24.0. The van der Waals surface area contributed by atoms with E-state index in [-0.39, 0.29) is 0 Å². The van der Waals surface area contributed by atoms with Gasteiger partial charge in [0.25, 0.3) is 0 Å². The fraction of sp³-hybridized carbons (Fsp3) is 0.0606. The quantitative estimate of drug-likeness (QED) is 0.154. The van der Waals surface area contributed by atoms with Crippen molar-refractivity contribution in [2.24, 2.45) is 0 Å². The SMILES string of the molecule is c1ccc(-c2cccc(-c3c4ccc(N5c6ccccc6CCc6ccccc65)cc4c(-c4cccc(-c5ccccc5)c4)c4ccc(N5c6ccccc6CCc6ccccc65)cc34)c2)cc1. The van der Waals surface area contributed by atoms with Crippen molar-refractivity contribution in [1.29, 1.82) is 0 Å². The molecule has 11 aromatic rings. The van der Waals surface area contributed by atoms with Crippen LogP contribution in [-0.4, -0.2) is 0 Å². The number of fused-ring (bicyclic) bond motifs is 6. The molecule has 2 aliphatic heterocycles. The number of benzene rings is 11. The van der Waals surface area contributed by atoms with Gasteiger partial charge in [-0.15, -0.1) is 0 Å². The molecular weight excluding hydrogens is 821 g/mol. The fourth-order valence-electron chi connectivity index (χ4n) is 11.2. The first kappa shape index (κ1) is 39.9. The van der Waals surface area contributed by atoms with Crippen LogP contribution in [-0.2, 0) is 25.7 Å². The molecule has 0 unspecified atom stereocenters. The maximum atomic E-state index is 2.51. The normalized spacial score (nSPS) is 13.0. The molecule has 0 bridgehead atoms. The summed E-state index contributed by atoms with van der Waals surface area (Å²) in [7, 11) is 0. The van der Waals surface area contributed by atoms with Gasteiger partial charge in [-0.2, -0.15) is 0 Å². The van der Waals surface area contributed by atoms with E-state index in [9.17, 15) is 0 Å². The summed E-state index contributed by atoms with van der Waals surface area (Å²) >= 11 is 0. The van der Waals surface area contributed by atoms with Gasteiger partial charge in [0.05, 0.1) is 0 Å². The van der Waals surface area contributed by atoms with Crippen LogP contribution in [0.25, 0.3) is 66.1 Å². The third-order valence-corrected chi connectivity index (χ3v) is 14.4. The van der Waals surface area contributed by atoms with Gasteiger partial charge in [0.15, 0.2) is 0 Å². The molecule has 0 amide bonds. The van der Waals surface area contributed by atoms with Crippen molar-refractivity contribution in [3.63, 3.8) is 0 Å². The van der Waals surface area contributed by atoms with Gasteiger partial charge in [-0.05, 0) is 175 Å². The summed E-state index contributed by atoms with van der Waals surface area (Å²) in [6, 6.07) is 90.4. The highest BCUT2D eigenvalue weighted by molar-refractivity contribution is 6.23. The Morgan fingerprint density at radius 1 is 0.221 bits per heavy atom. The molecule has 0 saturated carbocycles. The lowest BCUT2D eigenvalue weighted by Gasteiger charge is -2.29. The van der Waals surface area contributed by atoms with Crippen LogP contribution in [0.1, 0.15) is 22.3 Å². The molecule has 322 valence electrons. The standard InChI is InChI=1S/C66H48N2/c1-3-17-45(18-4-1)51-25-15-27-53(41-51)65-57-39-37-56(68-63-31-13-9-23-49(63)35-36-50-24-10-14-32-64(50)68)44-60(57)66(54-28-16-26-52(42-54)46-19-5-2-6-20-46)58-40-38-55(43-59(58)65)67-61-29-11-7-21-47(61)33-34-48-22-8-12-30-62(48)67/h1-32,37-44H,33-36H2. The van der Waals surface area contributed by atoms with Gasteiger partial charge in [0.1, 0.15) is 0 Å². The number of aryl methyl sites for hydroxylation is 4. The molecule has 68 heavy (non-hydrogen) atoms. The number of rotatable bonds is 6. The Labute approximate surface area is 398 Å². The van der Waals surface area contributed by atoms with Gasteiger partial charge in [-0.1, -0.05) is 182 Å². The van der Waals surface area contributed by atoms with E-state index in [1.54, 1.807) is 0 Å². The first-order valence-corrected chi connectivity index (χ1v) is 24.0. The van der Waals surface area contributed by atoms with Gasteiger partial charge < -0.3 is 9.80 Å². The van der Waals surface area contributed by atoms with E-state index in [2.05, 4.69) is 252 Å². The Balaban J connectivity index is 1.15. The number of hydrogen-bond acceptors (Lipinski definition) is 2. The predicted molar refractivity (Wildman–Crippen MR) is 287 cm³/mol. The molecule has 0 aromatic heterocycles. The molecule has 11 aromatic carbocycles. The maximum Gasteiger partial charge on any atom is 0.0493 e. The Bertz CT molecular complexity index is 3360. The second-order valence-corrected chi connectivity index (χ2v) is 18.3. The summed E-state index contributed by atoms with van der Waals surface area (Å²) < 4.78 is 0. The molecule has 0 spiro atoms. The van der Waals surface area contributed by atoms with Gasteiger partial charge in [0.2, 0.25) is 0 Å². The zero-order valence-corrected chi connectivity index (χ0v) is 37.8. The molecule has 0 radical (unpaired) electrons. The van der Waals surface area contributed by atoms with E-state index in [0.717, 1.165) is 37.1 Å². The molecule has 0 saturated heterocycles. The largest absolute Gasteiger partial charge is 0.310 e. The molecule has 2 aliphatic rings. The monoisotopic (exact) mass is 868 g/mol. The zero-order valence-electron chi connectivity index (χ0n) is 37.8. The van der Waals surface area contributed by atoms with Gasteiger partial charge >= 0.3 is 0 Å². The minimum Gasteiger partial charge on any atom is -0.310 e. The number of para-hydroxylation sites is 4. The van der Waals surface area contributed by atoms with E-state index in [1.165, 1.54) is 111 Å². The number of anilines is 6. The molecular formula is C66H48N2. The molecule has 0 atom stereocenters. The Hall–Kier alpha value is -8.46. The minimum atomic E-state index is 0.996. The van der Waals surface area contributed by atoms with Crippen LogP contribution < -0.4 is 9.80 Å². The lowest BCUT2D eigenvalue weighted by molar-refractivity contribution is 0.977. The van der Waals surface area contributed by atoms with Crippen molar-refractivity contribution in [1.82, 2.24) is 0 Å². The van der Waals surface area contributed by atoms with Crippen LogP contribution in [0.4, 0.5) is 34.1 Å². The summed E-state index contributed by atoms with van der Waals surface area (Å²) in [6.45, 7) is 0. The van der Waals surface area contributed by atoms with Gasteiger partial charge in [-0.25, -0.2) is 0 Å². The van der Waals surface area contributed by atoms with Crippen LogP contribution in [0.15, 0.2) is 243 Å². The third-order valence-electron chi connectivity index (χ3n) is 14.4. The summed E-state index contributed by atoms with van der Waals surface area (Å²) in [5.41, 5.74) is 22.4. The summed E-state index contributed by atoms with van der Waals surface area (Å²) in [6.07, 6.45) is 3.98. The fourth-order valence-corrected chi connectivity index (χ4v) is 11.2. The van der Waals surface area contributed by atoms with Crippen LogP contribution >= 0.6 is 0 Å². The minimum absolute atomic E-state index is 0.996. The van der Waals surface area contributed by atoms with Gasteiger partial charge in [0, 0.05) is 34.1 Å². The molecule has 2 heterocycles. The second-order valence-electron chi connectivity index (χ2n) is 18.3. The predicted octanol–water partition coefficient (Wildman–Crippen LogP) is 17.8. The average Bonchev–Trinajstić information content (AvgIpc) is 3.69. The first-order chi connectivity index (χ1) is 33.7. The molecule has 2 heteroatoms. The van der Waals surface area contributed by atoms with E-state index in [1.807, 2.05) is 0 Å².